The van der Waals surface area contributed by atoms with Gasteiger partial charge in [-0.1, -0.05) is 16.8 Å². The van der Waals surface area contributed by atoms with E-state index in [4.69, 9.17) is 22.5 Å². The quantitative estimate of drug-likeness (QED) is 0.343. The van der Waals surface area contributed by atoms with Gasteiger partial charge in [-0.25, -0.2) is 0 Å². The molecule has 0 atom stereocenters. The van der Waals surface area contributed by atoms with Crippen molar-refractivity contribution in [3.8, 4) is 0 Å². The zero-order valence-corrected chi connectivity index (χ0v) is 11.1. The molecular formula is C10H11BrClN3O2. The van der Waals surface area contributed by atoms with E-state index >= 15 is 0 Å². The van der Waals surface area contributed by atoms with Gasteiger partial charge >= 0.3 is 0 Å². The lowest BCUT2D eigenvalue weighted by Crippen LogP contribution is -2.28. The highest BCUT2D eigenvalue weighted by molar-refractivity contribution is 9.10. The Hall–Kier alpha value is -1.27. The Morgan fingerprint density at radius 2 is 2.29 bits per heavy atom. The smallest absolute Gasteiger partial charge is 0.252 e. The first-order valence-electron chi connectivity index (χ1n) is 4.74. The van der Waals surface area contributed by atoms with E-state index in [1.165, 1.54) is 0 Å². The summed E-state index contributed by atoms with van der Waals surface area (Å²) in [7, 11) is 0. The van der Waals surface area contributed by atoms with Gasteiger partial charge in [0, 0.05) is 22.5 Å². The van der Waals surface area contributed by atoms with E-state index in [1.807, 2.05) is 0 Å². The van der Waals surface area contributed by atoms with Crippen LogP contribution in [0.5, 0.6) is 0 Å². The Kier molecular flexibility index (Phi) is 5.24. The zero-order valence-electron chi connectivity index (χ0n) is 8.78. The van der Waals surface area contributed by atoms with Crippen molar-refractivity contribution in [3.05, 3.63) is 33.3 Å². The number of carbonyl (C=O) groups is 1. The highest BCUT2D eigenvalue weighted by atomic mass is 79.9. The molecule has 0 aromatic heterocycles. The number of nitrogens with zero attached hydrogens (tertiary/aromatic N) is 1. The Balaban J connectivity index is 2.61. The van der Waals surface area contributed by atoms with Gasteiger partial charge in [0.05, 0.1) is 5.56 Å². The maximum absolute atomic E-state index is 11.7. The van der Waals surface area contributed by atoms with Crippen LogP contribution < -0.4 is 11.1 Å². The topological polar surface area (TPSA) is 87.7 Å². The summed E-state index contributed by atoms with van der Waals surface area (Å²) in [6.07, 6.45) is 0.278. The number of nitrogens with two attached hydrogens (primary N) is 1. The average molecular weight is 321 g/mol. The van der Waals surface area contributed by atoms with E-state index in [0.29, 0.717) is 15.1 Å². The minimum Gasteiger partial charge on any atom is -0.409 e. The summed E-state index contributed by atoms with van der Waals surface area (Å²) in [5.41, 5.74) is 5.71. The second-order valence-electron chi connectivity index (χ2n) is 3.22. The van der Waals surface area contributed by atoms with Gasteiger partial charge in [-0.05, 0) is 34.1 Å². The van der Waals surface area contributed by atoms with Gasteiger partial charge < -0.3 is 16.3 Å². The van der Waals surface area contributed by atoms with Crippen LogP contribution in [0.1, 0.15) is 16.8 Å². The minimum atomic E-state index is -0.273. The van der Waals surface area contributed by atoms with Crippen LogP contribution in [0.2, 0.25) is 5.02 Å². The Labute approximate surface area is 112 Å². The van der Waals surface area contributed by atoms with Crippen molar-refractivity contribution in [1.29, 1.82) is 0 Å². The molecule has 0 aliphatic heterocycles. The molecule has 0 aliphatic carbocycles. The molecule has 1 aromatic rings. The van der Waals surface area contributed by atoms with Crippen molar-refractivity contribution in [1.82, 2.24) is 5.32 Å². The first-order valence-corrected chi connectivity index (χ1v) is 5.91. The fraction of sp³-hybridized carbons (Fsp3) is 0.200. The van der Waals surface area contributed by atoms with Crippen molar-refractivity contribution in [2.75, 3.05) is 6.54 Å². The van der Waals surface area contributed by atoms with Crippen LogP contribution in [0.4, 0.5) is 0 Å². The highest BCUT2D eigenvalue weighted by Gasteiger charge is 2.10. The largest absolute Gasteiger partial charge is 0.409 e. The number of carbonyl (C=O) groups excluding carboxylic acids is 1. The number of benzene rings is 1. The van der Waals surface area contributed by atoms with Crippen molar-refractivity contribution in [2.45, 2.75) is 6.42 Å². The Bertz CT molecular complexity index is 451. The molecule has 0 fully saturated rings. The third-order valence-electron chi connectivity index (χ3n) is 1.97. The monoisotopic (exact) mass is 319 g/mol. The van der Waals surface area contributed by atoms with Gasteiger partial charge in [0.25, 0.3) is 5.91 Å². The fourth-order valence-corrected chi connectivity index (χ4v) is 1.72. The number of oxime groups is 1. The molecule has 0 unspecified atom stereocenters. The van der Waals surface area contributed by atoms with Crippen LogP contribution >= 0.6 is 27.5 Å². The molecule has 0 heterocycles. The van der Waals surface area contributed by atoms with E-state index in [-0.39, 0.29) is 24.7 Å². The summed E-state index contributed by atoms with van der Waals surface area (Å²) in [6, 6.07) is 4.93. The summed E-state index contributed by atoms with van der Waals surface area (Å²) in [4.78, 5) is 11.7. The van der Waals surface area contributed by atoms with E-state index in [0.717, 1.165) is 0 Å². The van der Waals surface area contributed by atoms with Crippen molar-refractivity contribution in [2.24, 2.45) is 10.9 Å². The molecular weight excluding hydrogens is 309 g/mol. The highest BCUT2D eigenvalue weighted by Crippen LogP contribution is 2.20. The second kappa shape index (κ2) is 6.46. The number of hydrogen-bond donors (Lipinski definition) is 3. The van der Waals surface area contributed by atoms with Crippen LogP contribution in [0.25, 0.3) is 0 Å². The number of nitrogens with one attached hydrogen (secondary N) is 1. The van der Waals surface area contributed by atoms with Crippen molar-refractivity contribution >= 4 is 39.3 Å². The molecule has 0 aliphatic rings. The molecule has 1 aromatic carbocycles. The van der Waals surface area contributed by atoms with Gasteiger partial charge in [-0.15, -0.1) is 0 Å². The molecule has 0 saturated carbocycles. The molecule has 7 heteroatoms. The van der Waals surface area contributed by atoms with Crippen molar-refractivity contribution in [3.63, 3.8) is 0 Å². The van der Waals surface area contributed by atoms with E-state index in [1.54, 1.807) is 18.2 Å². The molecule has 17 heavy (non-hydrogen) atoms. The lowest BCUT2D eigenvalue weighted by Gasteiger charge is -2.06. The summed E-state index contributed by atoms with van der Waals surface area (Å²) in [6.45, 7) is 0.285. The minimum absolute atomic E-state index is 0.0652. The van der Waals surface area contributed by atoms with Crippen LogP contribution in [-0.4, -0.2) is 23.5 Å². The number of rotatable bonds is 4. The normalized spacial score (nSPS) is 11.3. The van der Waals surface area contributed by atoms with E-state index < -0.39 is 0 Å². The van der Waals surface area contributed by atoms with Gasteiger partial charge in [-0.3, -0.25) is 4.79 Å². The Morgan fingerprint density at radius 3 is 2.94 bits per heavy atom. The van der Waals surface area contributed by atoms with Gasteiger partial charge in [0.15, 0.2) is 0 Å². The predicted molar refractivity (Wildman–Crippen MR) is 69.5 cm³/mol. The first kappa shape index (κ1) is 13.8. The van der Waals surface area contributed by atoms with Gasteiger partial charge in [0.2, 0.25) is 0 Å². The number of hydrogen-bond acceptors (Lipinski definition) is 3. The molecule has 0 spiro atoms. The number of amides is 1. The maximum atomic E-state index is 11.7. The van der Waals surface area contributed by atoms with Gasteiger partial charge in [-0.2, -0.15) is 0 Å². The molecule has 5 nitrogen and oxygen atoms in total. The molecule has 0 radical (unpaired) electrons. The van der Waals surface area contributed by atoms with Crippen molar-refractivity contribution < 1.29 is 10.0 Å². The summed E-state index contributed by atoms with van der Waals surface area (Å²) < 4.78 is 0.656. The Morgan fingerprint density at radius 1 is 1.59 bits per heavy atom. The van der Waals surface area contributed by atoms with Crippen LogP contribution in [0.15, 0.2) is 27.8 Å². The maximum Gasteiger partial charge on any atom is 0.252 e. The summed E-state index contributed by atoms with van der Waals surface area (Å²) in [5, 5.41) is 14.2. The lowest BCUT2D eigenvalue weighted by atomic mass is 10.2. The predicted octanol–water partition coefficient (Wildman–Crippen LogP) is 1.97. The average Bonchev–Trinajstić information content (AvgIpc) is 2.31. The third-order valence-corrected chi connectivity index (χ3v) is 2.89. The summed E-state index contributed by atoms with van der Waals surface area (Å²) >= 11 is 9.05. The zero-order chi connectivity index (χ0) is 12.8. The van der Waals surface area contributed by atoms with Crippen LogP contribution in [-0.2, 0) is 0 Å². The third kappa shape index (κ3) is 4.24. The number of halogens is 2. The summed E-state index contributed by atoms with van der Waals surface area (Å²) in [5.74, 6) is -0.208. The number of amidine groups is 1. The van der Waals surface area contributed by atoms with Gasteiger partial charge in [0.1, 0.15) is 5.84 Å². The first-order chi connectivity index (χ1) is 8.04. The molecule has 92 valence electrons. The SMILES string of the molecule is N/C(CCNC(=O)c1cc(Cl)ccc1Br)=N/O. The van der Waals surface area contributed by atoms with E-state index in [9.17, 15) is 4.79 Å². The molecule has 4 N–H and O–H groups in total. The molecule has 1 amide bonds. The van der Waals surface area contributed by atoms with Crippen LogP contribution in [0.3, 0.4) is 0 Å². The molecule has 0 saturated heterocycles. The fourth-order valence-electron chi connectivity index (χ4n) is 1.12. The standard InChI is InChI=1S/C10H11BrClN3O2/c11-8-2-1-6(12)5-7(8)10(16)14-4-3-9(13)15-17/h1-2,5,17H,3-4H2,(H2,13,15)(H,14,16). The van der Waals surface area contributed by atoms with Crippen LogP contribution in [0, 0.1) is 0 Å². The van der Waals surface area contributed by atoms with E-state index in [2.05, 4.69) is 26.4 Å². The molecule has 0 bridgehead atoms. The second-order valence-corrected chi connectivity index (χ2v) is 4.51. The lowest BCUT2D eigenvalue weighted by molar-refractivity contribution is 0.0954. The molecule has 1 rings (SSSR count).